The Morgan fingerprint density at radius 2 is 2.09 bits per heavy atom. The number of hydrogen-bond acceptors (Lipinski definition) is 4. The molecular formula is C16H15BrN2O3. The normalized spacial score (nSPS) is 10.6. The maximum atomic E-state index is 11.8. The van der Waals surface area contributed by atoms with Crippen LogP contribution in [-0.4, -0.2) is 23.8 Å². The lowest BCUT2D eigenvalue weighted by molar-refractivity contribution is 0.0955. The lowest BCUT2D eigenvalue weighted by atomic mass is 10.2. The number of aromatic hydroxyl groups is 1. The third-order valence-electron chi connectivity index (χ3n) is 2.77. The molecule has 0 spiro atoms. The molecular weight excluding hydrogens is 348 g/mol. The van der Waals surface area contributed by atoms with Gasteiger partial charge in [-0.3, -0.25) is 4.79 Å². The first-order chi connectivity index (χ1) is 10.6. The van der Waals surface area contributed by atoms with Gasteiger partial charge in [-0.1, -0.05) is 18.2 Å². The number of hydrazone groups is 1. The number of carbonyl (C=O) groups excluding carboxylic acids is 1. The molecule has 2 aromatic rings. The number of phenolic OH excluding ortho intramolecular Hbond substituents is 1. The number of halogens is 1. The van der Waals surface area contributed by atoms with Crippen LogP contribution in [0.2, 0.25) is 0 Å². The zero-order valence-corrected chi connectivity index (χ0v) is 13.5. The number of ether oxygens (including phenoxy) is 1. The molecule has 0 aliphatic rings. The second-order valence-corrected chi connectivity index (χ2v) is 5.20. The van der Waals surface area contributed by atoms with Crippen LogP contribution in [0.3, 0.4) is 0 Å². The van der Waals surface area contributed by atoms with Crippen molar-refractivity contribution >= 4 is 28.1 Å². The van der Waals surface area contributed by atoms with Crippen LogP contribution in [-0.2, 0) is 0 Å². The Hall–Kier alpha value is -2.34. The molecule has 0 unspecified atom stereocenters. The van der Waals surface area contributed by atoms with Gasteiger partial charge in [0.1, 0.15) is 0 Å². The quantitative estimate of drug-likeness (QED) is 0.633. The molecule has 2 N–H and O–H groups in total. The third-order valence-corrected chi connectivity index (χ3v) is 3.37. The number of carbonyl (C=O) groups is 1. The van der Waals surface area contributed by atoms with Gasteiger partial charge in [0.25, 0.3) is 5.91 Å². The highest BCUT2D eigenvalue weighted by Gasteiger charge is 2.08. The van der Waals surface area contributed by atoms with E-state index in [0.29, 0.717) is 28.0 Å². The summed E-state index contributed by atoms with van der Waals surface area (Å²) in [6.45, 7) is 2.26. The minimum absolute atomic E-state index is 0.0346. The fraction of sp³-hybridized carbons (Fsp3) is 0.125. The molecule has 0 heterocycles. The smallest absolute Gasteiger partial charge is 0.271 e. The summed E-state index contributed by atoms with van der Waals surface area (Å²) in [5, 5.41) is 13.7. The first-order valence-corrected chi connectivity index (χ1v) is 7.45. The summed E-state index contributed by atoms with van der Waals surface area (Å²) in [5.74, 6) is 0.0970. The first kappa shape index (κ1) is 16.0. The minimum atomic E-state index is -0.292. The summed E-state index contributed by atoms with van der Waals surface area (Å²) in [4.78, 5) is 11.8. The molecule has 114 valence electrons. The van der Waals surface area contributed by atoms with Gasteiger partial charge >= 0.3 is 0 Å². The summed E-state index contributed by atoms with van der Waals surface area (Å²) in [6, 6.07) is 12.1. The van der Waals surface area contributed by atoms with E-state index < -0.39 is 0 Å². The molecule has 0 saturated heterocycles. The largest absolute Gasteiger partial charge is 0.503 e. The fourth-order valence-corrected chi connectivity index (χ4v) is 2.21. The summed E-state index contributed by atoms with van der Waals surface area (Å²) in [6.07, 6.45) is 1.48. The van der Waals surface area contributed by atoms with Crippen molar-refractivity contribution in [1.82, 2.24) is 5.43 Å². The highest BCUT2D eigenvalue weighted by Crippen LogP contribution is 2.34. The molecule has 2 aromatic carbocycles. The number of nitrogens with one attached hydrogen (secondary N) is 1. The average Bonchev–Trinajstić information content (AvgIpc) is 2.53. The van der Waals surface area contributed by atoms with Gasteiger partial charge in [0.05, 0.1) is 17.3 Å². The van der Waals surface area contributed by atoms with Gasteiger partial charge in [-0.2, -0.15) is 5.10 Å². The Morgan fingerprint density at radius 3 is 2.77 bits per heavy atom. The lowest BCUT2D eigenvalue weighted by Gasteiger charge is -2.08. The van der Waals surface area contributed by atoms with Crippen molar-refractivity contribution in [3.05, 3.63) is 58.1 Å². The monoisotopic (exact) mass is 362 g/mol. The molecule has 0 radical (unpaired) electrons. The van der Waals surface area contributed by atoms with Crippen LogP contribution in [0.25, 0.3) is 0 Å². The number of hydrogen-bond donors (Lipinski definition) is 2. The van der Waals surface area contributed by atoms with E-state index in [1.807, 2.05) is 13.0 Å². The first-order valence-electron chi connectivity index (χ1n) is 6.65. The van der Waals surface area contributed by atoms with E-state index >= 15 is 0 Å². The zero-order valence-electron chi connectivity index (χ0n) is 11.9. The van der Waals surface area contributed by atoms with Gasteiger partial charge in [0, 0.05) is 5.56 Å². The van der Waals surface area contributed by atoms with Crippen LogP contribution in [0.15, 0.2) is 52.0 Å². The Bertz CT molecular complexity index is 687. The second kappa shape index (κ2) is 7.61. The van der Waals surface area contributed by atoms with Gasteiger partial charge < -0.3 is 9.84 Å². The summed E-state index contributed by atoms with van der Waals surface area (Å²) >= 11 is 3.25. The number of nitrogens with zero attached hydrogens (tertiary/aromatic N) is 1. The Kier molecular flexibility index (Phi) is 5.55. The van der Waals surface area contributed by atoms with Crippen LogP contribution in [0, 0.1) is 0 Å². The Labute approximate surface area is 136 Å². The lowest BCUT2D eigenvalue weighted by Crippen LogP contribution is -2.17. The molecule has 0 fully saturated rings. The fourth-order valence-electron chi connectivity index (χ4n) is 1.75. The van der Waals surface area contributed by atoms with Crippen LogP contribution in [0.5, 0.6) is 11.5 Å². The number of amides is 1. The van der Waals surface area contributed by atoms with Crippen molar-refractivity contribution < 1.29 is 14.6 Å². The van der Waals surface area contributed by atoms with Gasteiger partial charge in [-0.25, -0.2) is 5.43 Å². The van der Waals surface area contributed by atoms with Gasteiger partial charge in [-0.05, 0) is 52.7 Å². The Balaban J connectivity index is 2.09. The topological polar surface area (TPSA) is 70.9 Å². The highest BCUT2D eigenvalue weighted by atomic mass is 79.9. The summed E-state index contributed by atoms with van der Waals surface area (Å²) in [7, 11) is 0. The second-order valence-electron chi connectivity index (χ2n) is 4.35. The molecule has 2 rings (SSSR count). The molecule has 0 aliphatic heterocycles. The van der Waals surface area contributed by atoms with Crippen molar-refractivity contribution in [2.45, 2.75) is 6.92 Å². The zero-order chi connectivity index (χ0) is 15.9. The van der Waals surface area contributed by atoms with E-state index in [2.05, 4.69) is 26.5 Å². The highest BCUT2D eigenvalue weighted by molar-refractivity contribution is 9.10. The maximum Gasteiger partial charge on any atom is 0.271 e. The number of rotatable bonds is 5. The Morgan fingerprint density at radius 1 is 1.36 bits per heavy atom. The predicted octanol–water partition coefficient (Wildman–Crippen LogP) is 3.32. The molecule has 0 atom stereocenters. The molecule has 0 aliphatic carbocycles. The van der Waals surface area contributed by atoms with Crippen LogP contribution >= 0.6 is 15.9 Å². The van der Waals surface area contributed by atoms with Gasteiger partial charge in [0.15, 0.2) is 11.5 Å². The summed E-state index contributed by atoms with van der Waals surface area (Å²) < 4.78 is 5.82. The predicted molar refractivity (Wildman–Crippen MR) is 88.5 cm³/mol. The minimum Gasteiger partial charge on any atom is -0.503 e. The van der Waals surface area contributed by atoms with Crippen molar-refractivity contribution in [1.29, 1.82) is 0 Å². The van der Waals surface area contributed by atoms with Crippen molar-refractivity contribution in [2.24, 2.45) is 5.10 Å². The van der Waals surface area contributed by atoms with Gasteiger partial charge in [0.2, 0.25) is 0 Å². The third kappa shape index (κ3) is 4.08. The SMILES string of the molecule is CCOc1cc(/C=N\NC(=O)c2ccccc2)cc(Br)c1O. The number of benzene rings is 2. The van der Waals surface area contributed by atoms with Crippen LogP contribution in [0.4, 0.5) is 0 Å². The molecule has 0 bridgehead atoms. The van der Waals surface area contributed by atoms with E-state index in [-0.39, 0.29) is 11.7 Å². The van der Waals surface area contributed by atoms with Crippen LogP contribution < -0.4 is 10.2 Å². The molecule has 1 amide bonds. The molecule has 5 nitrogen and oxygen atoms in total. The molecule has 6 heteroatoms. The van der Waals surface area contributed by atoms with E-state index in [1.54, 1.807) is 36.4 Å². The van der Waals surface area contributed by atoms with Gasteiger partial charge in [-0.15, -0.1) is 0 Å². The molecule has 0 aromatic heterocycles. The molecule has 0 saturated carbocycles. The van der Waals surface area contributed by atoms with E-state index in [1.165, 1.54) is 6.21 Å². The van der Waals surface area contributed by atoms with Crippen molar-refractivity contribution in [3.63, 3.8) is 0 Å². The van der Waals surface area contributed by atoms with E-state index in [0.717, 1.165) is 0 Å². The summed E-state index contributed by atoms with van der Waals surface area (Å²) in [5.41, 5.74) is 3.66. The van der Waals surface area contributed by atoms with Crippen molar-refractivity contribution in [2.75, 3.05) is 6.61 Å². The maximum absolute atomic E-state index is 11.8. The van der Waals surface area contributed by atoms with Crippen molar-refractivity contribution in [3.8, 4) is 11.5 Å². The number of phenols is 1. The van der Waals surface area contributed by atoms with Crippen LogP contribution in [0.1, 0.15) is 22.8 Å². The van der Waals surface area contributed by atoms with E-state index in [4.69, 9.17) is 4.74 Å². The standard InChI is InChI=1S/C16H15BrN2O3/c1-2-22-14-9-11(8-13(17)15(14)20)10-18-19-16(21)12-6-4-3-5-7-12/h3-10,20H,2H2,1H3,(H,19,21)/b18-10-. The van der Waals surface area contributed by atoms with E-state index in [9.17, 15) is 9.90 Å². The average molecular weight is 363 g/mol. The molecule has 22 heavy (non-hydrogen) atoms.